The molecule has 4 aromatic rings. The van der Waals surface area contributed by atoms with Crippen LogP contribution in [0.15, 0.2) is 36.8 Å². The van der Waals surface area contributed by atoms with Gasteiger partial charge in [-0.15, -0.1) is 9.61 Å². The quantitative estimate of drug-likeness (QED) is 0.392. The van der Waals surface area contributed by atoms with E-state index in [1.54, 1.807) is 29.2 Å². The predicted molar refractivity (Wildman–Crippen MR) is 72.0 cm³/mol. The molecule has 20 heavy (non-hydrogen) atoms. The summed E-state index contributed by atoms with van der Waals surface area (Å²) in [5.41, 5.74) is 3.59. The second-order valence-corrected chi connectivity index (χ2v) is 4.83. The van der Waals surface area contributed by atoms with Crippen molar-refractivity contribution < 1.29 is 8.68 Å². The number of rotatable bonds is 0. The first kappa shape index (κ1) is 7.74. The van der Waals surface area contributed by atoms with Crippen LogP contribution in [0, 0.1) is 0 Å². The summed E-state index contributed by atoms with van der Waals surface area (Å²) < 4.78 is 28.8. The van der Waals surface area contributed by atoms with Gasteiger partial charge in [0.15, 0.2) is 0 Å². The van der Waals surface area contributed by atoms with E-state index in [1.807, 2.05) is 16.7 Å². The van der Waals surface area contributed by atoms with Crippen molar-refractivity contribution >= 4 is 16.9 Å². The average molecular weight is 266 g/mol. The van der Waals surface area contributed by atoms with Gasteiger partial charge in [0, 0.05) is 24.0 Å². The average Bonchev–Trinajstić information content (AvgIpc) is 3.13. The van der Waals surface area contributed by atoms with Crippen molar-refractivity contribution in [3.63, 3.8) is 0 Å². The first-order valence-corrected chi connectivity index (χ1v) is 6.27. The van der Waals surface area contributed by atoms with E-state index in [0.29, 0.717) is 29.3 Å². The number of aryl methyl sites for hydroxylation is 1. The fourth-order valence-electron chi connectivity index (χ4n) is 2.92. The number of hydrogen-bond acceptors (Lipinski definition) is 3. The van der Waals surface area contributed by atoms with Crippen molar-refractivity contribution in [1.82, 2.24) is 24.1 Å². The van der Waals surface area contributed by atoms with Gasteiger partial charge in [0.25, 0.3) is 5.65 Å². The molecule has 0 radical (unpaired) electrons. The van der Waals surface area contributed by atoms with Gasteiger partial charge in [-0.25, -0.2) is 9.13 Å². The van der Waals surface area contributed by atoms with Gasteiger partial charge in [-0.05, 0) is 12.1 Å². The zero-order valence-electron chi connectivity index (χ0n) is 13.4. The Morgan fingerprint density at radius 3 is 3.30 bits per heavy atom. The minimum absolute atomic E-state index is 0.484. The number of nitrogens with zero attached hydrogens (tertiary/aromatic N) is 6. The van der Waals surface area contributed by atoms with Crippen molar-refractivity contribution in [1.29, 1.82) is 0 Å². The van der Waals surface area contributed by atoms with Gasteiger partial charge in [-0.2, -0.15) is 4.98 Å². The highest BCUT2D eigenvalue weighted by Crippen LogP contribution is 2.32. The molecule has 1 aliphatic heterocycles. The summed E-state index contributed by atoms with van der Waals surface area (Å²) in [6.45, 7) is -1.78. The van der Waals surface area contributed by atoms with Gasteiger partial charge in [0.1, 0.15) is 0 Å². The van der Waals surface area contributed by atoms with Crippen molar-refractivity contribution in [3.05, 3.63) is 42.4 Å². The van der Waals surface area contributed by atoms with Gasteiger partial charge in [-0.1, -0.05) is 0 Å². The Bertz CT molecular complexity index is 1090. The predicted octanol–water partition coefficient (Wildman–Crippen LogP) is 0.932. The zero-order chi connectivity index (χ0) is 15.8. The molecule has 5 heterocycles. The van der Waals surface area contributed by atoms with E-state index in [-0.39, 0.29) is 0 Å². The lowest BCUT2D eigenvalue weighted by Crippen LogP contribution is -2.31. The van der Waals surface area contributed by atoms with E-state index in [0.717, 1.165) is 11.1 Å². The lowest BCUT2D eigenvalue weighted by Gasteiger charge is -1.96. The highest BCUT2D eigenvalue weighted by Gasteiger charge is 2.34. The van der Waals surface area contributed by atoms with E-state index in [2.05, 4.69) is 15.1 Å². The highest BCUT2D eigenvalue weighted by molar-refractivity contribution is 5.77. The third-order valence-corrected chi connectivity index (χ3v) is 3.76. The van der Waals surface area contributed by atoms with E-state index in [1.165, 1.54) is 4.57 Å². The maximum absolute atomic E-state index is 7.99. The topological polar surface area (TPSA) is 51.9 Å². The van der Waals surface area contributed by atoms with Crippen LogP contribution < -0.4 is 4.57 Å². The van der Waals surface area contributed by atoms with Crippen LogP contribution in [0.3, 0.4) is 0 Å². The smallest absolute Gasteiger partial charge is 0.264 e. The van der Waals surface area contributed by atoms with E-state index in [4.69, 9.17) is 4.11 Å². The molecule has 6 heteroatoms. The molecule has 0 saturated heterocycles. The van der Waals surface area contributed by atoms with Gasteiger partial charge < -0.3 is 0 Å². The van der Waals surface area contributed by atoms with E-state index in [9.17, 15) is 0 Å². The second kappa shape index (κ2) is 3.22. The molecule has 96 valence electrons. The third-order valence-electron chi connectivity index (χ3n) is 3.76. The Balaban J connectivity index is 2.01. The zero-order valence-corrected chi connectivity index (χ0v) is 10.4. The normalized spacial score (nSPS) is 15.9. The first-order chi connectivity index (χ1) is 11.1. The minimum Gasteiger partial charge on any atom is -0.264 e. The molecular formula is C14H11N6+. The molecule has 0 amide bonds. The standard InChI is InChI=1S/C14H11N6/c1-18-13-10-4-6-15-7-9(10)8-19(13)12-14(18)20-11(17-12)3-2-5-16-20/h2-7H,8H2,1H3/q+1/i1D3. The molecule has 0 N–H and O–H groups in total. The van der Waals surface area contributed by atoms with Gasteiger partial charge in [-0.3, -0.25) is 4.98 Å². The summed E-state index contributed by atoms with van der Waals surface area (Å²) in [5.74, 6) is 0.625. The van der Waals surface area contributed by atoms with Crippen LogP contribution >= 0.6 is 0 Å². The minimum atomic E-state index is -2.34. The fraction of sp³-hybridized carbons (Fsp3) is 0.143. The van der Waals surface area contributed by atoms with E-state index < -0.39 is 6.98 Å². The summed E-state index contributed by atoms with van der Waals surface area (Å²) in [6, 6.07) is 5.44. The van der Waals surface area contributed by atoms with Crippen LogP contribution in [0.4, 0.5) is 0 Å². The largest absolute Gasteiger partial charge is 0.314 e. The maximum Gasteiger partial charge on any atom is 0.314 e. The molecule has 0 saturated carbocycles. The van der Waals surface area contributed by atoms with Crippen molar-refractivity contribution in [2.24, 2.45) is 6.98 Å². The van der Waals surface area contributed by atoms with Crippen LogP contribution in [0.5, 0.6) is 0 Å². The molecule has 4 aromatic heterocycles. The summed E-state index contributed by atoms with van der Waals surface area (Å²) in [7, 11) is 0. The number of hydrogen-bond donors (Lipinski definition) is 0. The van der Waals surface area contributed by atoms with Crippen molar-refractivity contribution in [2.45, 2.75) is 6.54 Å². The van der Waals surface area contributed by atoms with Crippen LogP contribution in [-0.2, 0) is 13.5 Å². The Labute approximate surface area is 118 Å². The van der Waals surface area contributed by atoms with Crippen LogP contribution in [0.2, 0.25) is 0 Å². The lowest BCUT2D eigenvalue weighted by molar-refractivity contribution is -0.636. The Hall–Kier alpha value is -2.76. The van der Waals surface area contributed by atoms with Crippen molar-refractivity contribution in [2.75, 3.05) is 0 Å². The van der Waals surface area contributed by atoms with Crippen LogP contribution in [-0.4, -0.2) is 24.1 Å². The summed E-state index contributed by atoms with van der Waals surface area (Å²) in [5, 5.41) is 4.27. The van der Waals surface area contributed by atoms with Crippen molar-refractivity contribution in [3.8, 4) is 11.4 Å². The molecule has 0 aliphatic carbocycles. The molecule has 6 nitrogen and oxygen atoms in total. The molecule has 0 atom stereocenters. The summed E-state index contributed by atoms with van der Waals surface area (Å²) in [4.78, 5) is 8.71. The Morgan fingerprint density at radius 2 is 2.35 bits per heavy atom. The van der Waals surface area contributed by atoms with Gasteiger partial charge in [0.05, 0.1) is 29.4 Å². The van der Waals surface area contributed by atoms with Gasteiger partial charge in [0.2, 0.25) is 11.5 Å². The fourth-order valence-corrected chi connectivity index (χ4v) is 2.92. The molecule has 0 bridgehead atoms. The SMILES string of the molecule is [2H]C([2H])([2H])[n+]1c2n(c3nc4cccnn4c31)Cc1cnccc1-2. The third kappa shape index (κ3) is 1.01. The first-order valence-electron chi connectivity index (χ1n) is 7.77. The lowest BCUT2D eigenvalue weighted by atomic mass is 10.2. The molecule has 0 spiro atoms. The monoisotopic (exact) mass is 266 g/mol. The number of aromatic nitrogens is 6. The molecular weight excluding hydrogens is 252 g/mol. The highest BCUT2D eigenvalue weighted by atomic mass is 15.4. The molecule has 0 aromatic carbocycles. The number of imidazole rings is 2. The van der Waals surface area contributed by atoms with Crippen LogP contribution in [0.1, 0.15) is 9.68 Å². The van der Waals surface area contributed by atoms with E-state index >= 15 is 0 Å². The molecule has 5 rings (SSSR count). The number of fused-ring (bicyclic) bond motifs is 7. The molecule has 0 unspecified atom stereocenters. The second-order valence-electron chi connectivity index (χ2n) is 4.83. The van der Waals surface area contributed by atoms with Crippen LogP contribution in [0.25, 0.3) is 28.3 Å². The Morgan fingerprint density at radius 1 is 1.35 bits per heavy atom. The molecule has 1 aliphatic rings. The number of pyridine rings is 1. The molecule has 0 fully saturated rings. The van der Waals surface area contributed by atoms with Gasteiger partial charge >= 0.3 is 5.65 Å². The Kier molecular flexibility index (Phi) is 1.24. The summed E-state index contributed by atoms with van der Waals surface area (Å²) in [6.07, 6.45) is 5.07. The maximum atomic E-state index is 7.99. The summed E-state index contributed by atoms with van der Waals surface area (Å²) >= 11 is 0.